The first-order valence-corrected chi connectivity index (χ1v) is 17.0. The predicted octanol–water partition coefficient (Wildman–Crippen LogP) is 2.65. The van der Waals surface area contributed by atoms with Gasteiger partial charge in [0.2, 0.25) is 0 Å². The largest absolute Gasteiger partial charge is 0.393 e. The van der Waals surface area contributed by atoms with Crippen LogP contribution in [0.5, 0.6) is 0 Å². The van der Waals surface area contributed by atoms with Crippen LogP contribution in [0.15, 0.2) is 0 Å². The maximum Gasteiger partial charge on any atom is 0.186 e. The third kappa shape index (κ3) is 4.08. The van der Waals surface area contributed by atoms with Crippen LogP contribution >= 0.6 is 0 Å². The van der Waals surface area contributed by atoms with Crippen molar-refractivity contribution in [3.05, 3.63) is 0 Å². The summed E-state index contributed by atoms with van der Waals surface area (Å²) in [6.07, 6.45) is 1.90. The number of fused-ring (bicyclic) bond motifs is 2. The maximum absolute atomic E-state index is 11.8. The van der Waals surface area contributed by atoms with E-state index in [-0.39, 0.29) is 45.7 Å². The van der Waals surface area contributed by atoms with E-state index in [1.807, 2.05) is 13.8 Å². The molecule has 0 aromatic heterocycles. The second kappa shape index (κ2) is 9.60. The van der Waals surface area contributed by atoms with E-state index in [9.17, 15) is 30.6 Å². The van der Waals surface area contributed by atoms with Gasteiger partial charge in [-0.1, -0.05) is 13.8 Å². The predicted molar refractivity (Wildman–Crippen MR) is 157 cm³/mol. The summed E-state index contributed by atoms with van der Waals surface area (Å²) in [6, 6.07) is 0. The van der Waals surface area contributed by atoms with Gasteiger partial charge in [-0.3, -0.25) is 0 Å². The van der Waals surface area contributed by atoms with Gasteiger partial charge in [0.05, 0.1) is 41.7 Å². The molecule has 0 radical (unpaired) electrons. The van der Waals surface area contributed by atoms with Crippen LogP contribution in [0.1, 0.15) is 106 Å². The molecule has 0 bridgehead atoms. The van der Waals surface area contributed by atoms with Crippen molar-refractivity contribution >= 4 is 0 Å². The van der Waals surface area contributed by atoms with Gasteiger partial charge in [-0.2, -0.15) is 0 Å². The van der Waals surface area contributed by atoms with Crippen molar-refractivity contribution in [3.8, 4) is 0 Å². The fourth-order valence-electron chi connectivity index (χ4n) is 12.7. The van der Waals surface area contributed by atoms with Crippen molar-refractivity contribution in [1.29, 1.82) is 0 Å². The van der Waals surface area contributed by atoms with Gasteiger partial charge in [0, 0.05) is 5.92 Å². The topological polar surface area (TPSA) is 149 Å². The molecule has 0 aromatic carbocycles. The molecule has 2 spiro atoms. The summed E-state index contributed by atoms with van der Waals surface area (Å²) in [7, 11) is 0. The summed E-state index contributed by atoms with van der Waals surface area (Å²) in [4.78, 5) is 0. The van der Waals surface area contributed by atoms with Gasteiger partial charge in [0.1, 0.15) is 18.3 Å². The lowest BCUT2D eigenvalue weighted by Crippen LogP contribution is -2.60. The highest BCUT2D eigenvalue weighted by Crippen LogP contribution is 2.88. The molecule has 9 nitrogen and oxygen atoms in total. The van der Waals surface area contributed by atoms with Crippen LogP contribution in [0.25, 0.3) is 0 Å². The summed E-state index contributed by atoms with van der Waals surface area (Å²) in [5, 5.41) is 65.3. The zero-order chi connectivity index (χ0) is 31.1. The van der Waals surface area contributed by atoms with Crippen molar-refractivity contribution in [1.82, 2.24) is 0 Å². The van der Waals surface area contributed by atoms with E-state index < -0.39 is 54.1 Å². The molecule has 0 amide bonds. The summed E-state index contributed by atoms with van der Waals surface area (Å²) >= 11 is 0. The van der Waals surface area contributed by atoms with Crippen LogP contribution < -0.4 is 0 Å². The molecule has 2 heterocycles. The van der Waals surface area contributed by atoms with Crippen LogP contribution in [0.4, 0.5) is 0 Å². The van der Waals surface area contributed by atoms with E-state index in [0.29, 0.717) is 12.3 Å². The quantitative estimate of drug-likeness (QED) is 0.265. The van der Waals surface area contributed by atoms with Crippen molar-refractivity contribution in [2.24, 2.45) is 39.4 Å². The van der Waals surface area contributed by atoms with Crippen molar-refractivity contribution in [2.45, 2.75) is 172 Å². The molecule has 7 fully saturated rings. The van der Waals surface area contributed by atoms with Crippen LogP contribution in [0.2, 0.25) is 0 Å². The Morgan fingerprint density at radius 1 is 0.791 bits per heavy atom. The van der Waals surface area contributed by atoms with E-state index in [1.165, 1.54) is 0 Å². The molecule has 9 heteroatoms. The molecule has 7 rings (SSSR count). The Hall–Kier alpha value is -0.360. The van der Waals surface area contributed by atoms with Crippen molar-refractivity contribution < 1.29 is 44.8 Å². The Morgan fingerprint density at radius 2 is 1.51 bits per heavy atom. The summed E-state index contributed by atoms with van der Waals surface area (Å²) < 4.78 is 18.7. The molecule has 5 aliphatic carbocycles. The van der Waals surface area contributed by atoms with Gasteiger partial charge in [0.15, 0.2) is 6.29 Å². The van der Waals surface area contributed by atoms with Gasteiger partial charge in [-0.15, -0.1) is 0 Å². The Kier molecular flexibility index (Phi) is 6.98. The molecule has 17 atom stereocenters. The standard InChI is InChI=1S/C34H56O9/c1-17-24(37)25(38)26(39)28(41-17)42-18-7-10-33-16-34(33)12-11-30(4)27(32(6)9-8-23(43-32)29(2,3)40)21(36)15-31(30,5)22(34)14-20(35)19(33)13-18/h17-28,35-40H,7-16H2,1-6H3. The van der Waals surface area contributed by atoms with E-state index in [4.69, 9.17) is 14.2 Å². The molecule has 2 saturated heterocycles. The minimum Gasteiger partial charge on any atom is -0.393 e. The fourth-order valence-corrected chi connectivity index (χ4v) is 12.7. The number of ether oxygens (including phenoxy) is 3. The van der Waals surface area contributed by atoms with E-state index >= 15 is 0 Å². The monoisotopic (exact) mass is 608 g/mol. The van der Waals surface area contributed by atoms with Crippen LogP contribution in [-0.4, -0.2) is 97.0 Å². The molecule has 0 aromatic rings. The Morgan fingerprint density at radius 3 is 2.19 bits per heavy atom. The molecule has 5 saturated carbocycles. The summed E-state index contributed by atoms with van der Waals surface area (Å²) in [6.45, 7) is 12.2. The smallest absolute Gasteiger partial charge is 0.186 e. The zero-order valence-corrected chi connectivity index (χ0v) is 26.9. The van der Waals surface area contributed by atoms with Crippen molar-refractivity contribution in [3.63, 3.8) is 0 Å². The number of hydrogen-bond acceptors (Lipinski definition) is 9. The molecule has 7 aliphatic rings. The van der Waals surface area contributed by atoms with E-state index in [0.717, 1.165) is 57.8 Å². The zero-order valence-electron chi connectivity index (χ0n) is 26.9. The molecular formula is C34H56O9. The molecule has 17 unspecified atom stereocenters. The van der Waals surface area contributed by atoms with Crippen LogP contribution in [0, 0.1) is 39.4 Å². The minimum atomic E-state index is -1.32. The number of rotatable bonds is 4. The lowest BCUT2D eigenvalue weighted by Gasteiger charge is -2.62. The second-order valence-corrected chi connectivity index (χ2v) is 17.4. The van der Waals surface area contributed by atoms with E-state index in [1.54, 1.807) is 6.92 Å². The van der Waals surface area contributed by atoms with Crippen LogP contribution in [0.3, 0.4) is 0 Å². The van der Waals surface area contributed by atoms with Crippen molar-refractivity contribution in [2.75, 3.05) is 0 Å². The Labute approximate surface area is 256 Å². The third-order valence-electron chi connectivity index (χ3n) is 15.0. The van der Waals surface area contributed by atoms with Gasteiger partial charge in [-0.05, 0) is 125 Å². The average molecular weight is 609 g/mol. The SMILES string of the molecule is CC1OC(OC2CCC34CC35CCC3(C)C(C6(C)CCC(C(C)(C)O)O6)C(O)CC3(C)C5CC(O)C4C2)C(O)C(O)C1O. The van der Waals surface area contributed by atoms with E-state index in [2.05, 4.69) is 20.8 Å². The average Bonchev–Trinajstić information content (AvgIpc) is 3.28. The third-order valence-corrected chi connectivity index (χ3v) is 15.0. The summed E-state index contributed by atoms with van der Waals surface area (Å²) in [5.41, 5.74) is -1.47. The lowest BCUT2D eigenvalue weighted by molar-refractivity contribution is -0.309. The second-order valence-electron chi connectivity index (χ2n) is 17.4. The highest BCUT2D eigenvalue weighted by molar-refractivity contribution is 5.31. The molecule has 6 N–H and O–H groups in total. The first kappa shape index (κ1) is 31.3. The number of aliphatic hydroxyl groups is 6. The highest BCUT2D eigenvalue weighted by Gasteiger charge is 2.83. The molecule has 2 aliphatic heterocycles. The maximum atomic E-state index is 11.8. The lowest BCUT2D eigenvalue weighted by atomic mass is 9.43. The Balaban J connectivity index is 1.11. The first-order valence-electron chi connectivity index (χ1n) is 17.0. The van der Waals surface area contributed by atoms with Gasteiger partial charge < -0.3 is 44.8 Å². The summed E-state index contributed by atoms with van der Waals surface area (Å²) in [5.74, 6) is 0.397. The highest BCUT2D eigenvalue weighted by atomic mass is 16.7. The first-order chi connectivity index (χ1) is 19.9. The fraction of sp³-hybridized carbons (Fsp3) is 1.00. The van der Waals surface area contributed by atoms with Crippen LogP contribution in [-0.2, 0) is 14.2 Å². The molecule has 246 valence electrons. The normalized spacial score (nSPS) is 61.4. The number of aliphatic hydroxyl groups excluding tert-OH is 5. The number of hydrogen-bond donors (Lipinski definition) is 6. The molecule has 43 heavy (non-hydrogen) atoms. The van der Waals surface area contributed by atoms with Gasteiger partial charge in [-0.25, -0.2) is 0 Å². The minimum absolute atomic E-state index is 0.0263. The Bertz CT molecular complexity index is 1110. The molecular weight excluding hydrogens is 552 g/mol. The van der Waals surface area contributed by atoms with Gasteiger partial charge in [0.25, 0.3) is 0 Å². The van der Waals surface area contributed by atoms with Gasteiger partial charge >= 0.3 is 0 Å².